The van der Waals surface area contributed by atoms with Gasteiger partial charge >= 0.3 is 0 Å². The third-order valence-electron chi connectivity index (χ3n) is 6.13. The van der Waals surface area contributed by atoms with Crippen molar-refractivity contribution in [1.82, 2.24) is 14.7 Å². The van der Waals surface area contributed by atoms with Gasteiger partial charge in [0.15, 0.2) is 0 Å². The Morgan fingerprint density at radius 3 is 2.34 bits per heavy atom. The van der Waals surface area contributed by atoms with E-state index in [4.69, 9.17) is 4.74 Å². The number of carbonyl (C=O) groups excluding carboxylic acids is 1. The minimum absolute atomic E-state index is 0.117. The van der Waals surface area contributed by atoms with E-state index in [0.29, 0.717) is 13.0 Å². The molecule has 1 saturated heterocycles. The maximum absolute atomic E-state index is 13.3. The van der Waals surface area contributed by atoms with Gasteiger partial charge in [0.05, 0.1) is 24.9 Å². The topological polar surface area (TPSA) is 50.6 Å². The summed E-state index contributed by atoms with van der Waals surface area (Å²) in [5, 5.41) is 4.60. The fourth-order valence-electron chi connectivity index (χ4n) is 4.25. The van der Waals surface area contributed by atoms with Crippen molar-refractivity contribution in [3.8, 4) is 11.4 Å². The zero-order chi connectivity index (χ0) is 22.7. The highest BCUT2D eigenvalue weighted by molar-refractivity contribution is 5.79. The summed E-state index contributed by atoms with van der Waals surface area (Å²) in [5.74, 6) is 0.675. The Morgan fingerprint density at radius 2 is 1.66 bits per heavy atom. The number of anilines is 1. The highest BCUT2D eigenvalue weighted by Crippen LogP contribution is 2.22. The number of nitrogens with zero attached hydrogens (tertiary/aromatic N) is 4. The van der Waals surface area contributed by atoms with Crippen LogP contribution in [0.15, 0.2) is 48.5 Å². The number of aryl methyl sites for hydroxylation is 1. The maximum atomic E-state index is 13.3. The van der Waals surface area contributed by atoms with E-state index in [-0.39, 0.29) is 11.7 Å². The molecular formula is C25H29FN4O2. The lowest BCUT2D eigenvalue weighted by Crippen LogP contribution is -2.36. The van der Waals surface area contributed by atoms with Gasteiger partial charge in [0.1, 0.15) is 11.6 Å². The Morgan fingerprint density at radius 1 is 0.969 bits per heavy atom. The van der Waals surface area contributed by atoms with E-state index in [2.05, 4.69) is 22.1 Å². The van der Waals surface area contributed by atoms with Gasteiger partial charge in [0.2, 0.25) is 5.91 Å². The first kappa shape index (κ1) is 21.9. The molecule has 0 bridgehead atoms. The van der Waals surface area contributed by atoms with Crippen LogP contribution in [-0.2, 0) is 11.2 Å². The van der Waals surface area contributed by atoms with Crippen molar-refractivity contribution < 1.29 is 13.9 Å². The molecule has 4 rings (SSSR count). The molecule has 7 heteroatoms. The molecule has 0 saturated carbocycles. The van der Waals surface area contributed by atoms with Gasteiger partial charge < -0.3 is 14.5 Å². The minimum Gasteiger partial charge on any atom is -0.497 e. The molecule has 0 spiro atoms. The molecule has 3 aromatic rings. The van der Waals surface area contributed by atoms with E-state index in [1.807, 2.05) is 30.9 Å². The van der Waals surface area contributed by atoms with Crippen LogP contribution >= 0.6 is 0 Å². The second-order valence-electron chi connectivity index (χ2n) is 8.13. The maximum Gasteiger partial charge on any atom is 0.227 e. The Hall–Kier alpha value is -3.35. The Bertz CT molecular complexity index is 1080. The molecule has 0 unspecified atom stereocenters. The van der Waals surface area contributed by atoms with Gasteiger partial charge in [0, 0.05) is 43.1 Å². The number of hydrogen-bond acceptors (Lipinski definition) is 4. The molecule has 6 nitrogen and oxygen atoms in total. The number of ether oxygens (including phenoxy) is 1. The van der Waals surface area contributed by atoms with Crippen LogP contribution in [0.5, 0.6) is 5.75 Å². The smallest absolute Gasteiger partial charge is 0.227 e. The number of benzene rings is 2. The van der Waals surface area contributed by atoms with Gasteiger partial charge in [0.25, 0.3) is 0 Å². The largest absolute Gasteiger partial charge is 0.497 e. The molecule has 1 aliphatic heterocycles. The van der Waals surface area contributed by atoms with Crippen LogP contribution in [0, 0.1) is 19.7 Å². The zero-order valence-corrected chi connectivity index (χ0v) is 18.8. The minimum atomic E-state index is -0.282. The van der Waals surface area contributed by atoms with Crippen molar-refractivity contribution in [1.29, 1.82) is 0 Å². The van der Waals surface area contributed by atoms with Crippen LogP contribution in [-0.4, -0.2) is 53.9 Å². The van der Waals surface area contributed by atoms with Gasteiger partial charge in [-0.1, -0.05) is 0 Å². The lowest BCUT2D eigenvalue weighted by atomic mass is 10.1. The lowest BCUT2D eigenvalue weighted by molar-refractivity contribution is -0.130. The van der Waals surface area contributed by atoms with E-state index in [1.165, 1.54) is 12.1 Å². The molecule has 0 radical (unpaired) electrons. The summed E-state index contributed by atoms with van der Waals surface area (Å²) in [5.41, 5.74) is 4.62. The fourth-order valence-corrected chi connectivity index (χ4v) is 4.25. The SMILES string of the molecule is COc1ccc(N2CCCN(C(=O)Cc3c(C)nn(-c4ccc(F)cc4)c3C)CC2)cc1. The summed E-state index contributed by atoms with van der Waals surface area (Å²) in [7, 11) is 1.66. The first-order valence-corrected chi connectivity index (χ1v) is 10.9. The highest BCUT2D eigenvalue weighted by Gasteiger charge is 2.22. The molecule has 1 aliphatic rings. The number of aromatic nitrogens is 2. The van der Waals surface area contributed by atoms with E-state index >= 15 is 0 Å². The molecule has 168 valence electrons. The Labute approximate surface area is 188 Å². The predicted molar refractivity (Wildman–Crippen MR) is 123 cm³/mol. The van der Waals surface area contributed by atoms with Crippen LogP contribution in [0.3, 0.4) is 0 Å². The summed E-state index contributed by atoms with van der Waals surface area (Å²) in [6, 6.07) is 14.3. The second kappa shape index (κ2) is 9.42. The normalized spacial score (nSPS) is 14.4. The van der Waals surface area contributed by atoms with Crippen molar-refractivity contribution in [2.24, 2.45) is 0 Å². The summed E-state index contributed by atoms with van der Waals surface area (Å²) in [6.07, 6.45) is 1.24. The number of amides is 1. The van der Waals surface area contributed by atoms with E-state index < -0.39 is 0 Å². The number of methoxy groups -OCH3 is 1. The van der Waals surface area contributed by atoms with Crippen LogP contribution < -0.4 is 9.64 Å². The molecule has 0 atom stereocenters. The van der Waals surface area contributed by atoms with Crippen molar-refractivity contribution in [2.45, 2.75) is 26.7 Å². The Balaban J connectivity index is 1.43. The molecule has 32 heavy (non-hydrogen) atoms. The molecule has 2 aromatic carbocycles. The van der Waals surface area contributed by atoms with E-state index in [9.17, 15) is 9.18 Å². The Kier molecular flexibility index (Phi) is 6.44. The molecule has 0 N–H and O–H groups in total. The summed E-state index contributed by atoms with van der Waals surface area (Å²) >= 11 is 0. The van der Waals surface area contributed by atoms with Gasteiger partial charge in [-0.3, -0.25) is 4.79 Å². The van der Waals surface area contributed by atoms with Gasteiger partial charge in [-0.25, -0.2) is 9.07 Å². The first-order valence-electron chi connectivity index (χ1n) is 10.9. The van der Waals surface area contributed by atoms with Crippen LogP contribution in [0.2, 0.25) is 0 Å². The van der Waals surface area contributed by atoms with Crippen molar-refractivity contribution in [2.75, 3.05) is 38.2 Å². The van der Waals surface area contributed by atoms with Crippen molar-refractivity contribution in [3.63, 3.8) is 0 Å². The van der Waals surface area contributed by atoms with Crippen molar-refractivity contribution in [3.05, 3.63) is 71.3 Å². The highest BCUT2D eigenvalue weighted by atomic mass is 19.1. The van der Waals surface area contributed by atoms with Crippen LogP contribution in [0.4, 0.5) is 10.1 Å². The van der Waals surface area contributed by atoms with Gasteiger partial charge in [-0.15, -0.1) is 0 Å². The monoisotopic (exact) mass is 436 g/mol. The third-order valence-corrected chi connectivity index (χ3v) is 6.13. The third kappa shape index (κ3) is 4.61. The number of halogens is 1. The van der Waals surface area contributed by atoms with Crippen molar-refractivity contribution >= 4 is 11.6 Å². The van der Waals surface area contributed by atoms with Gasteiger partial charge in [-0.2, -0.15) is 5.10 Å². The summed E-state index contributed by atoms with van der Waals surface area (Å²) in [6.45, 7) is 7.02. The average Bonchev–Trinajstić information content (AvgIpc) is 2.98. The zero-order valence-electron chi connectivity index (χ0n) is 18.8. The molecule has 0 aliphatic carbocycles. The average molecular weight is 437 g/mol. The summed E-state index contributed by atoms with van der Waals surface area (Å²) < 4.78 is 20.3. The lowest BCUT2D eigenvalue weighted by Gasteiger charge is -2.24. The first-order chi connectivity index (χ1) is 15.5. The second-order valence-corrected chi connectivity index (χ2v) is 8.13. The van der Waals surface area contributed by atoms with Gasteiger partial charge in [-0.05, 0) is 68.8 Å². The number of hydrogen-bond donors (Lipinski definition) is 0. The molecule has 1 fully saturated rings. The van der Waals surface area contributed by atoms with Crippen LogP contribution in [0.25, 0.3) is 5.69 Å². The quantitative estimate of drug-likeness (QED) is 0.608. The number of carbonyl (C=O) groups is 1. The summed E-state index contributed by atoms with van der Waals surface area (Å²) in [4.78, 5) is 17.4. The molecule has 1 aromatic heterocycles. The number of rotatable bonds is 5. The van der Waals surface area contributed by atoms with E-state index in [0.717, 1.165) is 60.1 Å². The fraction of sp³-hybridized carbons (Fsp3) is 0.360. The standard InChI is InChI=1S/C25H29FN4O2/c1-18-24(19(2)30(27-18)22-7-5-20(26)6-8-22)17-25(31)29-14-4-13-28(15-16-29)21-9-11-23(32-3)12-10-21/h5-12H,4,13-17H2,1-3H3. The van der Waals surface area contributed by atoms with Crippen LogP contribution in [0.1, 0.15) is 23.4 Å². The van der Waals surface area contributed by atoms with E-state index in [1.54, 1.807) is 23.9 Å². The predicted octanol–water partition coefficient (Wildman–Crippen LogP) is 3.92. The molecule has 2 heterocycles. The molecular weight excluding hydrogens is 407 g/mol. The molecule has 1 amide bonds.